The third kappa shape index (κ3) is 2.88. The molecule has 0 saturated carbocycles. The molecule has 0 bridgehead atoms. The van der Waals surface area contributed by atoms with Crippen LogP contribution >= 0.6 is 0 Å². The van der Waals surface area contributed by atoms with Gasteiger partial charge in [-0.2, -0.15) is 0 Å². The quantitative estimate of drug-likeness (QED) is 0.749. The molecule has 2 unspecified atom stereocenters. The zero-order valence-electron chi connectivity index (χ0n) is 12.6. The van der Waals surface area contributed by atoms with Gasteiger partial charge in [0.05, 0.1) is 0 Å². The van der Waals surface area contributed by atoms with Gasteiger partial charge in [0.2, 0.25) is 0 Å². The summed E-state index contributed by atoms with van der Waals surface area (Å²) in [6, 6.07) is 0.593. The number of rotatable bonds is 2. The van der Waals surface area contributed by atoms with Gasteiger partial charge in [-0.05, 0) is 45.6 Å². The van der Waals surface area contributed by atoms with Gasteiger partial charge >= 0.3 is 0 Å². The minimum atomic E-state index is -0.623. The summed E-state index contributed by atoms with van der Waals surface area (Å²) in [5.41, 5.74) is 0.266. The molecule has 2 rings (SSSR count). The van der Waals surface area contributed by atoms with Crippen molar-refractivity contribution in [2.24, 2.45) is 11.8 Å². The van der Waals surface area contributed by atoms with E-state index in [0.29, 0.717) is 18.5 Å². The molecule has 0 amide bonds. The average molecular weight is 256 g/mol. The molecule has 2 aliphatic heterocycles. The van der Waals surface area contributed by atoms with Crippen molar-refractivity contribution in [3.8, 4) is 0 Å². The minimum Gasteiger partial charge on any atom is -0.295 e. The maximum Gasteiger partial charge on any atom is 0.116 e. The monoisotopic (exact) mass is 256 g/mol. The van der Waals surface area contributed by atoms with Gasteiger partial charge < -0.3 is 0 Å². The lowest BCUT2D eigenvalue weighted by Gasteiger charge is -2.53. The van der Waals surface area contributed by atoms with Crippen LogP contribution in [0.2, 0.25) is 0 Å². The van der Waals surface area contributed by atoms with Crippen LogP contribution in [0.4, 0.5) is 4.39 Å². The van der Waals surface area contributed by atoms with Crippen LogP contribution in [0.5, 0.6) is 0 Å². The second-order valence-corrected chi connectivity index (χ2v) is 7.44. The van der Waals surface area contributed by atoms with Crippen molar-refractivity contribution in [2.45, 2.75) is 58.8 Å². The Morgan fingerprint density at radius 1 is 1.11 bits per heavy atom. The number of piperidine rings is 1. The van der Waals surface area contributed by atoms with Gasteiger partial charge in [0.25, 0.3) is 0 Å². The summed E-state index contributed by atoms with van der Waals surface area (Å²) >= 11 is 0. The first-order valence-corrected chi connectivity index (χ1v) is 7.42. The van der Waals surface area contributed by atoms with E-state index in [9.17, 15) is 4.39 Å². The van der Waals surface area contributed by atoms with Crippen LogP contribution in [-0.4, -0.2) is 53.7 Å². The Morgan fingerprint density at radius 3 is 2.17 bits per heavy atom. The number of likely N-dealkylation sites (tertiary alicyclic amines) is 2. The van der Waals surface area contributed by atoms with Gasteiger partial charge in [-0.1, -0.05) is 13.8 Å². The molecular formula is C15H29FN2. The highest BCUT2D eigenvalue weighted by molar-refractivity contribution is 4.96. The van der Waals surface area contributed by atoms with Crippen molar-refractivity contribution in [2.75, 3.05) is 26.2 Å². The van der Waals surface area contributed by atoms with E-state index in [1.54, 1.807) is 0 Å². The first-order chi connectivity index (χ1) is 8.29. The Morgan fingerprint density at radius 2 is 1.72 bits per heavy atom. The fourth-order valence-corrected chi connectivity index (χ4v) is 3.26. The van der Waals surface area contributed by atoms with E-state index in [1.165, 1.54) is 0 Å². The van der Waals surface area contributed by atoms with Crippen LogP contribution in [0.1, 0.15) is 41.0 Å². The van der Waals surface area contributed by atoms with Gasteiger partial charge in [0, 0.05) is 31.2 Å². The number of hydrogen-bond acceptors (Lipinski definition) is 2. The van der Waals surface area contributed by atoms with Crippen molar-refractivity contribution >= 4 is 0 Å². The fourth-order valence-electron chi connectivity index (χ4n) is 3.26. The van der Waals surface area contributed by atoms with Gasteiger partial charge in [0.1, 0.15) is 6.17 Å². The van der Waals surface area contributed by atoms with Crippen LogP contribution in [0.25, 0.3) is 0 Å². The third-order valence-corrected chi connectivity index (χ3v) is 4.81. The zero-order chi connectivity index (χ0) is 13.5. The average Bonchev–Trinajstić information content (AvgIpc) is 2.11. The highest BCUT2D eigenvalue weighted by Crippen LogP contribution is 2.31. The van der Waals surface area contributed by atoms with E-state index in [0.717, 1.165) is 26.1 Å². The van der Waals surface area contributed by atoms with Gasteiger partial charge in [-0.25, -0.2) is 4.39 Å². The topological polar surface area (TPSA) is 6.48 Å². The molecule has 0 N–H and O–H groups in total. The number of hydrogen-bond donors (Lipinski definition) is 0. The molecule has 2 atom stereocenters. The Hall–Kier alpha value is -0.150. The van der Waals surface area contributed by atoms with Gasteiger partial charge in [-0.15, -0.1) is 0 Å². The molecule has 2 aliphatic rings. The molecule has 2 saturated heterocycles. The highest BCUT2D eigenvalue weighted by Gasteiger charge is 2.41. The van der Waals surface area contributed by atoms with E-state index < -0.39 is 6.17 Å². The second-order valence-electron chi connectivity index (χ2n) is 7.44. The van der Waals surface area contributed by atoms with Crippen molar-refractivity contribution in [1.29, 1.82) is 0 Å². The van der Waals surface area contributed by atoms with Crippen molar-refractivity contribution in [3.05, 3.63) is 0 Å². The molecule has 0 spiro atoms. The molecule has 0 aromatic rings. The Balaban J connectivity index is 1.81. The van der Waals surface area contributed by atoms with Crippen molar-refractivity contribution < 1.29 is 4.39 Å². The summed E-state index contributed by atoms with van der Waals surface area (Å²) in [5, 5.41) is 0. The molecule has 0 aliphatic carbocycles. The van der Waals surface area contributed by atoms with Crippen LogP contribution < -0.4 is 0 Å². The first-order valence-electron chi connectivity index (χ1n) is 7.42. The lowest BCUT2D eigenvalue weighted by atomic mass is 9.84. The number of halogens is 1. The van der Waals surface area contributed by atoms with Crippen LogP contribution in [0, 0.1) is 11.8 Å². The smallest absolute Gasteiger partial charge is 0.116 e. The molecular weight excluding hydrogens is 227 g/mol. The minimum absolute atomic E-state index is 0.266. The Bertz CT molecular complexity index is 279. The van der Waals surface area contributed by atoms with E-state index in [2.05, 4.69) is 44.4 Å². The molecule has 2 heterocycles. The van der Waals surface area contributed by atoms with E-state index in [-0.39, 0.29) is 11.5 Å². The number of alkyl halides is 1. The Kier molecular flexibility index (Phi) is 4.03. The maximum atomic E-state index is 14.1. The van der Waals surface area contributed by atoms with Gasteiger partial charge in [0.15, 0.2) is 0 Å². The second kappa shape index (κ2) is 5.09. The van der Waals surface area contributed by atoms with E-state index in [4.69, 9.17) is 0 Å². The summed E-state index contributed by atoms with van der Waals surface area (Å²) in [4.78, 5) is 4.87. The SMILES string of the molecule is CC(C)C1CCN(C2CN(C(C)(C)C)C2)CC1F. The summed E-state index contributed by atoms with van der Waals surface area (Å²) in [6.07, 6.45) is 0.410. The van der Waals surface area contributed by atoms with Crippen molar-refractivity contribution in [3.63, 3.8) is 0 Å². The predicted molar refractivity (Wildman–Crippen MR) is 74.5 cm³/mol. The van der Waals surface area contributed by atoms with Crippen LogP contribution in [-0.2, 0) is 0 Å². The summed E-state index contributed by atoms with van der Waals surface area (Å²) < 4.78 is 14.1. The predicted octanol–water partition coefficient (Wildman–Crippen LogP) is 2.79. The third-order valence-electron chi connectivity index (χ3n) is 4.81. The summed E-state index contributed by atoms with van der Waals surface area (Å²) in [7, 11) is 0. The van der Waals surface area contributed by atoms with Gasteiger partial charge in [-0.3, -0.25) is 9.80 Å². The largest absolute Gasteiger partial charge is 0.295 e. The lowest BCUT2D eigenvalue weighted by Crippen LogP contribution is -2.66. The molecule has 0 aromatic heterocycles. The fraction of sp³-hybridized carbons (Fsp3) is 1.00. The standard InChI is InChI=1S/C15H29FN2/c1-11(2)13-6-7-17(10-14(13)16)12-8-18(9-12)15(3,4)5/h11-14H,6-10H2,1-5H3. The Labute approximate surface area is 112 Å². The normalized spacial score (nSPS) is 32.8. The van der Waals surface area contributed by atoms with E-state index in [1.807, 2.05) is 0 Å². The maximum absolute atomic E-state index is 14.1. The highest BCUT2D eigenvalue weighted by atomic mass is 19.1. The summed E-state index contributed by atoms with van der Waals surface area (Å²) in [6.45, 7) is 15.0. The molecule has 2 fully saturated rings. The molecule has 106 valence electrons. The summed E-state index contributed by atoms with van der Waals surface area (Å²) in [5.74, 6) is 0.759. The molecule has 18 heavy (non-hydrogen) atoms. The molecule has 2 nitrogen and oxygen atoms in total. The zero-order valence-corrected chi connectivity index (χ0v) is 12.6. The number of nitrogens with zero attached hydrogens (tertiary/aromatic N) is 2. The van der Waals surface area contributed by atoms with Crippen molar-refractivity contribution in [1.82, 2.24) is 9.80 Å². The molecule has 0 aromatic carbocycles. The van der Waals surface area contributed by atoms with Crippen LogP contribution in [0.3, 0.4) is 0 Å². The lowest BCUT2D eigenvalue weighted by molar-refractivity contribution is -0.0530. The van der Waals surface area contributed by atoms with Crippen LogP contribution in [0.15, 0.2) is 0 Å². The molecule has 3 heteroatoms. The molecule has 0 radical (unpaired) electrons. The first kappa shape index (κ1) is 14.3. The van der Waals surface area contributed by atoms with E-state index >= 15 is 0 Å².